The summed E-state index contributed by atoms with van der Waals surface area (Å²) in [4.78, 5) is 0. The third-order valence-electron chi connectivity index (χ3n) is 3.86. The van der Waals surface area contributed by atoms with Crippen LogP contribution in [0.4, 0.5) is 0 Å². The van der Waals surface area contributed by atoms with Crippen molar-refractivity contribution in [2.24, 2.45) is 5.92 Å². The zero-order valence-electron chi connectivity index (χ0n) is 11.4. The Bertz CT molecular complexity index is 172. The Balaban J connectivity index is 2.01. The molecule has 1 atom stereocenters. The minimum Gasteiger partial charge on any atom is -0.315 e. The van der Waals surface area contributed by atoms with E-state index in [-0.39, 0.29) is 0 Å². The van der Waals surface area contributed by atoms with Gasteiger partial charge < -0.3 is 10.6 Å². The van der Waals surface area contributed by atoms with Crippen molar-refractivity contribution >= 4 is 0 Å². The van der Waals surface area contributed by atoms with E-state index >= 15 is 0 Å². The van der Waals surface area contributed by atoms with Crippen molar-refractivity contribution in [3.05, 3.63) is 0 Å². The second-order valence-electron chi connectivity index (χ2n) is 5.73. The van der Waals surface area contributed by atoms with Gasteiger partial charge in [0.05, 0.1) is 0 Å². The molecule has 0 saturated carbocycles. The summed E-state index contributed by atoms with van der Waals surface area (Å²) in [5.74, 6) is 0.860. The number of hydrogen-bond donors (Lipinski definition) is 2. The van der Waals surface area contributed by atoms with Gasteiger partial charge in [0.25, 0.3) is 0 Å². The highest BCUT2D eigenvalue weighted by Gasteiger charge is 2.30. The summed E-state index contributed by atoms with van der Waals surface area (Å²) in [5, 5.41) is 7.30. The van der Waals surface area contributed by atoms with Gasteiger partial charge in [0.1, 0.15) is 0 Å². The maximum Gasteiger partial charge on any atom is 0.0304 e. The fraction of sp³-hybridized carbons (Fsp3) is 1.00. The summed E-state index contributed by atoms with van der Waals surface area (Å²) in [5.41, 5.74) is 0.415. The van der Waals surface area contributed by atoms with Crippen LogP contribution in [0.25, 0.3) is 0 Å². The summed E-state index contributed by atoms with van der Waals surface area (Å²) in [6, 6.07) is 0. The van der Waals surface area contributed by atoms with E-state index in [1.54, 1.807) is 0 Å². The summed E-state index contributed by atoms with van der Waals surface area (Å²) in [6.45, 7) is 10.5. The molecule has 1 aliphatic heterocycles. The predicted octanol–water partition coefficient (Wildman–Crippen LogP) is 2.93. The average molecular weight is 226 g/mol. The van der Waals surface area contributed by atoms with Gasteiger partial charge in [-0.2, -0.15) is 0 Å². The standard InChI is InChI=1S/C14H30N2/c1-4-14(9-7-11-16-14)12-15-10-6-5-8-13(2)3/h13,15-16H,4-12H2,1-3H3. The lowest BCUT2D eigenvalue weighted by Crippen LogP contribution is -2.48. The van der Waals surface area contributed by atoms with E-state index in [1.807, 2.05) is 0 Å². The second kappa shape index (κ2) is 7.29. The van der Waals surface area contributed by atoms with E-state index in [4.69, 9.17) is 0 Å². The molecule has 0 aromatic carbocycles. The molecular formula is C14H30N2. The quantitative estimate of drug-likeness (QED) is 0.622. The number of rotatable bonds is 8. The first-order valence-electron chi connectivity index (χ1n) is 7.14. The van der Waals surface area contributed by atoms with Crippen LogP contribution in [0.15, 0.2) is 0 Å². The number of unbranched alkanes of at least 4 members (excludes halogenated alkanes) is 1. The topological polar surface area (TPSA) is 24.1 Å². The van der Waals surface area contributed by atoms with Gasteiger partial charge >= 0.3 is 0 Å². The molecule has 1 rings (SSSR count). The van der Waals surface area contributed by atoms with Gasteiger partial charge in [0.15, 0.2) is 0 Å². The van der Waals surface area contributed by atoms with Crippen LogP contribution in [0, 0.1) is 5.92 Å². The maximum atomic E-state index is 3.67. The minimum absolute atomic E-state index is 0.415. The van der Waals surface area contributed by atoms with Crippen molar-refractivity contribution in [1.82, 2.24) is 10.6 Å². The van der Waals surface area contributed by atoms with Crippen LogP contribution in [0.1, 0.15) is 59.3 Å². The van der Waals surface area contributed by atoms with E-state index in [1.165, 1.54) is 51.6 Å². The largest absolute Gasteiger partial charge is 0.315 e. The molecule has 0 radical (unpaired) electrons. The normalized spacial score (nSPS) is 25.5. The van der Waals surface area contributed by atoms with Gasteiger partial charge in [-0.3, -0.25) is 0 Å². The first-order valence-corrected chi connectivity index (χ1v) is 7.14. The Kier molecular flexibility index (Phi) is 6.37. The third kappa shape index (κ3) is 4.84. The average Bonchev–Trinajstić information content (AvgIpc) is 2.72. The van der Waals surface area contributed by atoms with E-state index in [9.17, 15) is 0 Å². The lowest BCUT2D eigenvalue weighted by Gasteiger charge is -2.28. The van der Waals surface area contributed by atoms with Crippen LogP contribution >= 0.6 is 0 Å². The molecule has 0 spiro atoms. The molecule has 0 aromatic heterocycles. The molecule has 0 bridgehead atoms. The van der Waals surface area contributed by atoms with Crippen LogP contribution in [0.3, 0.4) is 0 Å². The monoisotopic (exact) mass is 226 g/mol. The summed E-state index contributed by atoms with van der Waals surface area (Å²) >= 11 is 0. The Morgan fingerprint density at radius 1 is 1.31 bits per heavy atom. The van der Waals surface area contributed by atoms with Crippen molar-refractivity contribution in [3.63, 3.8) is 0 Å². The van der Waals surface area contributed by atoms with Gasteiger partial charge in [-0.25, -0.2) is 0 Å². The molecule has 96 valence electrons. The molecule has 1 heterocycles. The van der Waals surface area contributed by atoms with Crippen LogP contribution in [0.5, 0.6) is 0 Å². The highest BCUT2D eigenvalue weighted by Crippen LogP contribution is 2.21. The molecule has 0 aliphatic carbocycles. The van der Waals surface area contributed by atoms with Gasteiger partial charge in [-0.15, -0.1) is 0 Å². The van der Waals surface area contributed by atoms with E-state index in [0.29, 0.717) is 5.54 Å². The van der Waals surface area contributed by atoms with Crippen molar-refractivity contribution in [3.8, 4) is 0 Å². The molecule has 1 fully saturated rings. The zero-order chi connectivity index (χ0) is 11.9. The van der Waals surface area contributed by atoms with Crippen molar-refractivity contribution < 1.29 is 0 Å². The SMILES string of the molecule is CCC1(CNCCCCC(C)C)CCCN1. The summed E-state index contributed by atoms with van der Waals surface area (Å²) < 4.78 is 0. The molecule has 2 N–H and O–H groups in total. The molecule has 0 amide bonds. The Hall–Kier alpha value is -0.0800. The Morgan fingerprint density at radius 3 is 2.69 bits per heavy atom. The fourth-order valence-electron chi connectivity index (χ4n) is 2.58. The lowest BCUT2D eigenvalue weighted by atomic mass is 9.94. The number of nitrogens with one attached hydrogen (secondary N) is 2. The Morgan fingerprint density at radius 2 is 2.12 bits per heavy atom. The summed E-state index contributed by atoms with van der Waals surface area (Å²) in [7, 11) is 0. The molecular weight excluding hydrogens is 196 g/mol. The van der Waals surface area contributed by atoms with Crippen LogP contribution in [0.2, 0.25) is 0 Å². The van der Waals surface area contributed by atoms with Gasteiger partial charge in [-0.1, -0.05) is 33.6 Å². The molecule has 2 nitrogen and oxygen atoms in total. The van der Waals surface area contributed by atoms with E-state index in [0.717, 1.165) is 12.5 Å². The fourth-order valence-corrected chi connectivity index (χ4v) is 2.58. The Labute approximate surface area is 102 Å². The van der Waals surface area contributed by atoms with Crippen LogP contribution < -0.4 is 10.6 Å². The first kappa shape index (κ1) is 14.0. The minimum atomic E-state index is 0.415. The predicted molar refractivity (Wildman–Crippen MR) is 71.8 cm³/mol. The second-order valence-corrected chi connectivity index (χ2v) is 5.73. The molecule has 1 saturated heterocycles. The van der Waals surface area contributed by atoms with Gasteiger partial charge in [-0.05, 0) is 44.7 Å². The molecule has 2 heteroatoms. The third-order valence-corrected chi connectivity index (χ3v) is 3.86. The first-order chi connectivity index (χ1) is 7.68. The molecule has 16 heavy (non-hydrogen) atoms. The van der Waals surface area contributed by atoms with Crippen molar-refractivity contribution in [2.75, 3.05) is 19.6 Å². The highest BCUT2D eigenvalue weighted by molar-refractivity contribution is 4.93. The zero-order valence-corrected chi connectivity index (χ0v) is 11.4. The van der Waals surface area contributed by atoms with Crippen molar-refractivity contribution in [2.45, 2.75) is 64.8 Å². The van der Waals surface area contributed by atoms with Crippen LogP contribution in [-0.4, -0.2) is 25.2 Å². The van der Waals surface area contributed by atoms with E-state index in [2.05, 4.69) is 31.4 Å². The maximum absolute atomic E-state index is 3.67. The number of hydrogen-bond acceptors (Lipinski definition) is 2. The van der Waals surface area contributed by atoms with Gasteiger partial charge in [0.2, 0.25) is 0 Å². The molecule has 0 aromatic rings. The smallest absolute Gasteiger partial charge is 0.0304 e. The highest BCUT2D eigenvalue weighted by atomic mass is 15.1. The summed E-state index contributed by atoms with van der Waals surface area (Å²) in [6.07, 6.45) is 8.03. The molecule has 1 aliphatic rings. The van der Waals surface area contributed by atoms with E-state index < -0.39 is 0 Å². The molecule has 1 unspecified atom stereocenters. The van der Waals surface area contributed by atoms with Crippen LogP contribution in [-0.2, 0) is 0 Å². The van der Waals surface area contributed by atoms with Crippen molar-refractivity contribution in [1.29, 1.82) is 0 Å². The lowest BCUT2D eigenvalue weighted by molar-refractivity contribution is 0.338. The van der Waals surface area contributed by atoms with Gasteiger partial charge in [0, 0.05) is 12.1 Å².